The Hall–Kier alpha value is -2.41. The van der Waals surface area contributed by atoms with E-state index in [2.05, 4.69) is 10.4 Å². The molecule has 0 spiro atoms. The highest BCUT2D eigenvalue weighted by Gasteiger charge is 2.34. The molecular formula is C19H27N7. The van der Waals surface area contributed by atoms with Gasteiger partial charge < -0.3 is 21.4 Å². The maximum atomic E-state index is 7.80. The first-order valence-electron chi connectivity index (χ1n) is 9.37. The first kappa shape index (κ1) is 17.0. The quantitative estimate of drug-likeness (QED) is 0.716. The van der Waals surface area contributed by atoms with Crippen molar-refractivity contribution in [3.8, 4) is 0 Å². The predicted molar refractivity (Wildman–Crippen MR) is 105 cm³/mol. The van der Waals surface area contributed by atoms with E-state index in [0.29, 0.717) is 11.8 Å². The molecule has 0 amide bonds. The van der Waals surface area contributed by atoms with Gasteiger partial charge in [-0.05, 0) is 38.1 Å². The molecule has 138 valence electrons. The largest absolute Gasteiger partial charge is 0.383 e. The third kappa shape index (κ3) is 2.96. The third-order valence-corrected chi connectivity index (χ3v) is 5.28. The van der Waals surface area contributed by atoms with E-state index in [1.807, 2.05) is 25.2 Å². The lowest BCUT2D eigenvalue weighted by Gasteiger charge is -2.25. The summed E-state index contributed by atoms with van der Waals surface area (Å²) in [7, 11) is 3.89. The average Bonchev–Trinajstić information content (AvgIpc) is 3.38. The normalized spacial score (nSPS) is 21.2. The number of nitrogens with zero attached hydrogens (tertiary/aromatic N) is 4. The molecular weight excluding hydrogens is 326 g/mol. The van der Waals surface area contributed by atoms with Crippen molar-refractivity contribution < 1.29 is 0 Å². The highest BCUT2D eigenvalue weighted by molar-refractivity contribution is 6.10. The van der Waals surface area contributed by atoms with Crippen LogP contribution in [-0.4, -0.2) is 52.9 Å². The van der Waals surface area contributed by atoms with Crippen molar-refractivity contribution in [1.82, 2.24) is 24.8 Å². The molecule has 2 aromatic rings. The van der Waals surface area contributed by atoms with Crippen LogP contribution in [0.3, 0.4) is 0 Å². The van der Waals surface area contributed by atoms with Gasteiger partial charge in [0.15, 0.2) is 5.65 Å². The van der Waals surface area contributed by atoms with E-state index in [1.165, 1.54) is 31.0 Å². The summed E-state index contributed by atoms with van der Waals surface area (Å²) in [5.41, 5.74) is 11.3. The molecule has 3 heterocycles. The molecule has 1 atom stereocenters. The zero-order chi connectivity index (χ0) is 18.3. The molecule has 1 aliphatic heterocycles. The minimum Gasteiger partial charge on any atom is -0.383 e. The Morgan fingerprint density at radius 1 is 1.35 bits per heavy atom. The summed E-state index contributed by atoms with van der Waals surface area (Å²) in [4.78, 5) is 7.00. The average molecular weight is 353 g/mol. The van der Waals surface area contributed by atoms with E-state index >= 15 is 0 Å². The van der Waals surface area contributed by atoms with E-state index in [0.717, 1.165) is 47.8 Å². The van der Waals surface area contributed by atoms with Crippen molar-refractivity contribution >= 4 is 23.3 Å². The lowest BCUT2D eigenvalue weighted by molar-refractivity contribution is 0.452. The molecule has 1 aliphatic carbocycles. The number of aromatic nitrogens is 3. The van der Waals surface area contributed by atoms with Crippen LogP contribution >= 0.6 is 0 Å². The van der Waals surface area contributed by atoms with Gasteiger partial charge in [0.25, 0.3) is 0 Å². The minimum absolute atomic E-state index is 0.399. The van der Waals surface area contributed by atoms with Gasteiger partial charge in [0, 0.05) is 55.7 Å². The van der Waals surface area contributed by atoms with Crippen LogP contribution < -0.4 is 11.1 Å². The zero-order valence-electron chi connectivity index (χ0n) is 15.5. The molecule has 0 bridgehead atoms. The van der Waals surface area contributed by atoms with Crippen LogP contribution in [-0.2, 0) is 0 Å². The highest BCUT2D eigenvalue weighted by Crippen LogP contribution is 2.46. The summed E-state index contributed by atoms with van der Waals surface area (Å²) in [6.45, 7) is 2.03. The van der Waals surface area contributed by atoms with Gasteiger partial charge >= 0.3 is 0 Å². The van der Waals surface area contributed by atoms with Gasteiger partial charge in [-0.3, -0.25) is 0 Å². The van der Waals surface area contributed by atoms with E-state index in [4.69, 9.17) is 16.1 Å². The second-order valence-electron chi connectivity index (χ2n) is 7.60. The van der Waals surface area contributed by atoms with Crippen LogP contribution in [0.5, 0.6) is 0 Å². The maximum absolute atomic E-state index is 7.80. The van der Waals surface area contributed by atoms with Crippen LogP contribution in [0.2, 0.25) is 0 Å². The summed E-state index contributed by atoms with van der Waals surface area (Å²) in [6, 6.07) is 0. The summed E-state index contributed by atoms with van der Waals surface area (Å²) in [6.07, 6.45) is 9.72. The topological polar surface area (TPSA) is 95.3 Å². The van der Waals surface area contributed by atoms with E-state index < -0.39 is 0 Å². The van der Waals surface area contributed by atoms with Crippen molar-refractivity contribution in [2.45, 2.75) is 37.5 Å². The van der Waals surface area contributed by atoms with E-state index in [1.54, 1.807) is 10.7 Å². The Morgan fingerprint density at radius 2 is 2.15 bits per heavy atom. The third-order valence-electron chi connectivity index (χ3n) is 5.28. The summed E-state index contributed by atoms with van der Waals surface area (Å²) < 4.78 is 1.76. The monoisotopic (exact) mass is 353 g/mol. The predicted octanol–water partition coefficient (Wildman–Crippen LogP) is 2.21. The fourth-order valence-corrected chi connectivity index (χ4v) is 3.90. The molecule has 2 fully saturated rings. The molecule has 4 N–H and O–H groups in total. The zero-order valence-corrected chi connectivity index (χ0v) is 15.5. The number of piperidine rings is 1. The fraction of sp³-hybridized carbons (Fsp3) is 0.526. The Balaban J connectivity index is 1.90. The highest BCUT2D eigenvalue weighted by atomic mass is 15.3. The van der Waals surface area contributed by atoms with Crippen molar-refractivity contribution in [1.29, 1.82) is 5.41 Å². The smallest absolute Gasteiger partial charge is 0.165 e. The number of nitrogen functional groups attached to an aromatic ring is 1. The van der Waals surface area contributed by atoms with Crippen LogP contribution in [0.4, 0.5) is 5.82 Å². The van der Waals surface area contributed by atoms with Gasteiger partial charge in [-0.25, -0.2) is 4.98 Å². The Bertz CT molecular complexity index is 854. The van der Waals surface area contributed by atoms with Gasteiger partial charge in [0.05, 0.1) is 11.9 Å². The number of fused-ring (bicyclic) bond motifs is 1. The van der Waals surface area contributed by atoms with Crippen molar-refractivity contribution in [2.75, 3.05) is 32.9 Å². The van der Waals surface area contributed by atoms with Gasteiger partial charge in [-0.1, -0.05) is 0 Å². The Kier molecular flexibility index (Phi) is 4.40. The summed E-state index contributed by atoms with van der Waals surface area (Å²) >= 11 is 0. The van der Waals surface area contributed by atoms with Crippen molar-refractivity contribution in [3.05, 3.63) is 29.2 Å². The van der Waals surface area contributed by atoms with Gasteiger partial charge in [0.2, 0.25) is 0 Å². The SMILES string of the molecule is CN(C)/C=C(\C=N)c1cnn2c(N)c(C3CC3)c(C3CCCNC3)nc12. The Labute approximate surface area is 153 Å². The lowest BCUT2D eigenvalue weighted by Crippen LogP contribution is -2.30. The molecule has 7 heteroatoms. The number of hydrogen-bond acceptors (Lipinski definition) is 6. The van der Waals surface area contributed by atoms with Gasteiger partial charge in [-0.15, -0.1) is 0 Å². The first-order chi connectivity index (χ1) is 12.6. The lowest BCUT2D eigenvalue weighted by atomic mass is 9.91. The van der Waals surface area contributed by atoms with Gasteiger partial charge in [-0.2, -0.15) is 9.61 Å². The first-order valence-corrected chi connectivity index (χ1v) is 9.37. The Morgan fingerprint density at radius 3 is 2.77 bits per heavy atom. The molecule has 26 heavy (non-hydrogen) atoms. The number of anilines is 1. The number of nitrogens with two attached hydrogens (primary N) is 1. The molecule has 1 saturated heterocycles. The molecule has 7 nitrogen and oxygen atoms in total. The van der Waals surface area contributed by atoms with Gasteiger partial charge in [0.1, 0.15) is 5.82 Å². The number of nitrogens with one attached hydrogen (secondary N) is 2. The molecule has 1 unspecified atom stereocenters. The fourth-order valence-electron chi connectivity index (χ4n) is 3.90. The van der Waals surface area contributed by atoms with Crippen molar-refractivity contribution in [2.24, 2.45) is 0 Å². The van der Waals surface area contributed by atoms with Crippen LogP contribution in [0.15, 0.2) is 12.4 Å². The summed E-state index contributed by atoms with van der Waals surface area (Å²) in [5.74, 6) is 1.64. The number of hydrogen-bond donors (Lipinski definition) is 3. The molecule has 0 aromatic carbocycles. The van der Waals surface area contributed by atoms with Crippen molar-refractivity contribution in [3.63, 3.8) is 0 Å². The van der Waals surface area contributed by atoms with Crippen LogP contribution in [0, 0.1) is 5.41 Å². The second-order valence-corrected chi connectivity index (χ2v) is 7.60. The number of rotatable bonds is 5. The van der Waals surface area contributed by atoms with Crippen LogP contribution in [0.1, 0.15) is 54.3 Å². The molecule has 2 aliphatic rings. The van der Waals surface area contributed by atoms with E-state index in [9.17, 15) is 0 Å². The maximum Gasteiger partial charge on any atom is 0.165 e. The van der Waals surface area contributed by atoms with E-state index in [-0.39, 0.29) is 0 Å². The molecule has 4 rings (SSSR count). The minimum atomic E-state index is 0.399. The summed E-state index contributed by atoms with van der Waals surface area (Å²) in [5, 5.41) is 15.8. The standard InChI is InChI=1S/C19H27N7/c1-25(2)11-14(8-20)15-10-23-26-18(21)16(12-5-6-12)17(24-19(15)26)13-4-3-7-22-9-13/h8,10-13,20,22H,3-7,9,21H2,1-2H3/b14-11+,20-8?. The molecule has 2 aromatic heterocycles. The molecule has 0 radical (unpaired) electrons. The number of allylic oxidation sites excluding steroid dienone is 1. The molecule has 1 saturated carbocycles. The van der Waals surface area contributed by atoms with Crippen LogP contribution in [0.25, 0.3) is 11.2 Å². The second kappa shape index (κ2) is 6.72.